The molecule has 1 aliphatic rings. The first-order valence-electron chi connectivity index (χ1n) is 15.5. The van der Waals surface area contributed by atoms with Gasteiger partial charge >= 0.3 is 41.8 Å². The summed E-state index contributed by atoms with van der Waals surface area (Å²) in [7, 11) is 1.11. The number of hydrogen-bond donors (Lipinski definition) is 0. The summed E-state index contributed by atoms with van der Waals surface area (Å²) in [5.41, 5.74) is -1.74. The standard InChI is InChI=1S/C35H39NO14S2/c1-9-23(37)45-17-34(3,4)19-47-25(39)13-15-27(41)49-21-11-12-22(31-30(21)51-33(52-31)29(36-7)32(43)44-8)50-28(42)16-14-26(40)48-20-35(5,6)18-46-24(38)10-2/h9-12H,1-2,13-20H2,3-6,8H3. The number of nitrogens with zero attached hydrogens (tertiary/aromatic N) is 1. The molecule has 0 aromatic heterocycles. The van der Waals surface area contributed by atoms with E-state index < -0.39 is 52.6 Å². The Kier molecular flexibility index (Phi) is 16.6. The van der Waals surface area contributed by atoms with E-state index in [-0.39, 0.29) is 83.3 Å². The van der Waals surface area contributed by atoms with Crippen molar-refractivity contribution in [1.29, 1.82) is 0 Å². The molecule has 0 amide bonds. The Labute approximate surface area is 309 Å². The molecule has 0 atom stereocenters. The number of esters is 7. The van der Waals surface area contributed by atoms with E-state index in [0.29, 0.717) is 0 Å². The lowest BCUT2D eigenvalue weighted by atomic mass is 9.96. The van der Waals surface area contributed by atoms with Gasteiger partial charge in [0, 0.05) is 23.0 Å². The van der Waals surface area contributed by atoms with E-state index in [9.17, 15) is 33.6 Å². The third kappa shape index (κ3) is 14.3. The Balaban J connectivity index is 2.09. The average Bonchev–Trinajstić information content (AvgIpc) is 3.56. The van der Waals surface area contributed by atoms with Gasteiger partial charge < -0.3 is 33.2 Å². The molecule has 1 aliphatic heterocycles. The van der Waals surface area contributed by atoms with Gasteiger partial charge in [-0.1, -0.05) is 64.4 Å². The van der Waals surface area contributed by atoms with Crippen LogP contribution in [0.15, 0.2) is 57.2 Å². The fourth-order valence-electron chi connectivity index (χ4n) is 3.64. The number of methoxy groups -OCH3 is 1. The minimum absolute atomic E-state index is 0.00462. The van der Waals surface area contributed by atoms with Crippen LogP contribution in [0, 0.1) is 17.4 Å². The highest BCUT2D eigenvalue weighted by molar-refractivity contribution is 8.24. The van der Waals surface area contributed by atoms with E-state index in [4.69, 9.17) is 39.7 Å². The van der Waals surface area contributed by atoms with Crippen molar-refractivity contribution in [2.24, 2.45) is 10.8 Å². The number of carbonyl (C=O) groups excluding carboxylic acids is 7. The quantitative estimate of drug-likeness (QED) is 0.0594. The topological polar surface area (TPSA) is 188 Å². The maximum Gasteiger partial charge on any atom is 0.337 e. The summed E-state index contributed by atoms with van der Waals surface area (Å²) in [5, 5.41) is 0. The first-order valence-corrected chi connectivity index (χ1v) is 17.1. The van der Waals surface area contributed by atoms with E-state index >= 15 is 0 Å². The van der Waals surface area contributed by atoms with Gasteiger partial charge in [-0.3, -0.25) is 24.0 Å². The van der Waals surface area contributed by atoms with Crippen LogP contribution in [-0.2, 0) is 57.2 Å². The third-order valence-corrected chi connectivity index (χ3v) is 9.02. The molecule has 0 saturated heterocycles. The molecule has 1 aromatic rings. The molecule has 0 saturated carbocycles. The van der Waals surface area contributed by atoms with Crippen molar-refractivity contribution >= 4 is 65.3 Å². The van der Waals surface area contributed by atoms with Crippen LogP contribution in [-0.4, -0.2) is 75.3 Å². The third-order valence-electron chi connectivity index (χ3n) is 6.42. The SMILES string of the molecule is [C-]#[N+]C(C(=O)OC)=C1Sc2c(OC(=O)CCC(=O)OCC(C)(C)COC(=O)C=C)ccc(OC(=O)CCC(=O)OCC(C)(C)COC(=O)C=C)c2S1. The Bertz CT molecular complexity index is 1570. The number of carbonyl (C=O) groups is 7. The number of ether oxygens (including phenoxy) is 7. The number of benzene rings is 1. The summed E-state index contributed by atoms with van der Waals surface area (Å²) < 4.78 is 36.3. The number of hydrogen-bond acceptors (Lipinski definition) is 16. The van der Waals surface area contributed by atoms with Crippen LogP contribution in [0.2, 0.25) is 0 Å². The van der Waals surface area contributed by atoms with Crippen molar-refractivity contribution in [1.82, 2.24) is 0 Å². The van der Waals surface area contributed by atoms with Gasteiger partial charge in [-0.05, 0) is 12.1 Å². The van der Waals surface area contributed by atoms with Gasteiger partial charge in [0.2, 0.25) is 0 Å². The fraction of sp³-hybridized carbons (Fsp3) is 0.429. The monoisotopic (exact) mass is 761 g/mol. The minimum Gasteiger partial charge on any atom is -0.474 e. The lowest BCUT2D eigenvalue weighted by molar-refractivity contribution is -0.153. The van der Waals surface area contributed by atoms with Crippen molar-refractivity contribution in [2.75, 3.05) is 33.5 Å². The van der Waals surface area contributed by atoms with Crippen LogP contribution in [0.3, 0.4) is 0 Å². The maximum absolute atomic E-state index is 12.8. The summed E-state index contributed by atoms with van der Waals surface area (Å²) >= 11 is 1.83. The summed E-state index contributed by atoms with van der Waals surface area (Å²) in [5.74, 6) is -5.11. The van der Waals surface area contributed by atoms with Crippen LogP contribution >= 0.6 is 23.5 Å². The Morgan fingerprint density at radius 3 is 1.38 bits per heavy atom. The predicted octanol–water partition coefficient (Wildman–Crippen LogP) is 5.11. The second-order valence-electron chi connectivity index (χ2n) is 12.4. The minimum atomic E-state index is -0.906. The van der Waals surface area contributed by atoms with Crippen LogP contribution in [0.5, 0.6) is 11.5 Å². The molecule has 0 fully saturated rings. The predicted molar refractivity (Wildman–Crippen MR) is 185 cm³/mol. The molecule has 17 heteroatoms. The second kappa shape index (κ2) is 20.1. The van der Waals surface area contributed by atoms with Gasteiger partial charge in [-0.2, -0.15) is 0 Å². The van der Waals surface area contributed by atoms with Crippen LogP contribution in [0.25, 0.3) is 4.85 Å². The molecule has 0 radical (unpaired) electrons. The van der Waals surface area contributed by atoms with Crippen molar-refractivity contribution in [3.8, 4) is 11.5 Å². The second-order valence-corrected chi connectivity index (χ2v) is 14.7. The highest BCUT2D eigenvalue weighted by Gasteiger charge is 2.32. The first kappa shape index (κ1) is 43.1. The lowest BCUT2D eigenvalue weighted by Gasteiger charge is -2.23. The molecule has 0 unspecified atom stereocenters. The van der Waals surface area contributed by atoms with Crippen molar-refractivity contribution < 1.29 is 66.7 Å². The molecule has 15 nitrogen and oxygen atoms in total. The number of fused-ring (bicyclic) bond motifs is 1. The van der Waals surface area contributed by atoms with Crippen molar-refractivity contribution in [3.63, 3.8) is 0 Å². The van der Waals surface area contributed by atoms with E-state index in [0.717, 1.165) is 42.8 Å². The number of rotatable bonds is 19. The highest BCUT2D eigenvalue weighted by Crippen LogP contribution is 2.59. The summed E-state index contributed by atoms with van der Waals surface area (Å²) in [6, 6.07) is 2.68. The van der Waals surface area contributed by atoms with E-state index in [1.54, 1.807) is 27.7 Å². The number of thioether (sulfide) groups is 2. The molecular weight excluding hydrogens is 723 g/mol. The Morgan fingerprint density at radius 2 is 1.04 bits per heavy atom. The molecule has 0 bridgehead atoms. The van der Waals surface area contributed by atoms with Gasteiger partial charge in [0.1, 0.15) is 11.5 Å². The van der Waals surface area contributed by atoms with E-state index in [1.807, 2.05) is 0 Å². The maximum atomic E-state index is 12.8. The molecule has 52 heavy (non-hydrogen) atoms. The molecular formula is C35H39NO14S2. The molecule has 0 spiro atoms. The smallest absolute Gasteiger partial charge is 0.337 e. The van der Waals surface area contributed by atoms with E-state index in [1.165, 1.54) is 12.1 Å². The normalized spacial score (nSPS) is 11.9. The van der Waals surface area contributed by atoms with E-state index in [2.05, 4.69) is 18.0 Å². The summed E-state index contributed by atoms with van der Waals surface area (Å²) in [6.45, 7) is 20.8. The van der Waals surface area contributed by atoms with Crippen LogP contribution < -0.4 is 9.47 Å². The Hall–Kier alpha value is -5.08. The Morgan fingerprint density at radius 1 is 0.673 bits per heavy atom. The van der Waals surface area contributed by atoms with Crippen molar-refractivity contribution in [2.45, 2.75) is 63.2 Å². The molecule has 0 aliphatic carbocycles. The first-order chi connectivity index (χ1) is 24.4. The molecule has 280 valence electrons. The van der Waals surface area contributed by atoms with Gasteiger partial charge in [-0.25, -0.2) is 14.4 Å². The zero-order valence-corrected chi connectivity index (χ0v) is 31.0. The van der Waals surface area contributed by atoms with Gasteiger partial charge in [0.05, 0.1) is 79.8 Å². The van der Waals surface area contributed by atoms with Gasteiger partial charge in [-0.15, -0.1) is 0 Å². The molecule has 0 N–H and O–H groups in total. The fourth-order valence-corrected chi connectivity index (χ4v) is 6.19. The van der Waals surface area contributed by atoms with Crippen molar-refractivity contribution in [3.05, 3.63) is 58.8 Å². The van der Waals surface area contributed by atoms with Gasteiger partial charge in [0.25, 0.3) is 5.70 Å². The van der Waals surface area contributed by atoms with Crippen LogP contribution in [0.4, 0.5) is 0 Å². The largest absolute Gasteiger partial charge is 0.474 e. The zero-order chi connectivity index (χ0) is 39.1. The molecule has 1 heterocycles. The highest BCUT2D eigenvalue weighted by atomic mass is 32.2. The molecule has 2 rings (SSSR count). The van der Waals surface area contributed by atoms with Gasteiger partial charge in [0.15, 0.2) is 0 Å². The average molecular weight is 762 g/mol. The summed E-state index contributed by atoms with van der Waals surface area (Å²) in [6.07, 6.45) is 0.667. The zero-order valence-electron chi connectivity index (χ0n) is 29.4. The molecule has 1 aromatic carbocycles. The lowest BCUT2D eigenvalue weighted by Crippen LogP contribution is -2.28. The summed E-state index contributed by atoms with van der Waals surface area (Å²) in [4.78, 5) is 88.8. The van der Waals surface area contributed by atoms with Crippen LogP contribution in [0.1, 0.15) is 53.4 Å².